The lowest BCUT2D eigenvalue weighted by atomic mass is 10.2. The zero-order chi connectivity index (χ0) is 10.7. The van der Waals surface area contributed by atoms with Gasteiger partial charge in [-0.05, 0) is 13.0 Å². The van der Waals surface area contributed by atoms with Crippen LogP contribution in [0.25, 0.3) is 0 Å². The molecule has 1 atom stereocenters. The van der Waals surface area contributed by atoms with Crippen LogP contribution in [0.15, 0.2) is 0 Å². The monoisotopic (exact) mass is 228 g/mol. The molecule has 0 spiro atoms. The number of aromatic nitrogens is 2. The van der Waals surface area contributed by atoms with Crippen molar-refractivity contribution in [1.82, 2.24) is 14.3 Å². The third-order valence-corrected chi connectivity index (χ3v) is 2.99. The van der Waals surface area contributed by atoms with Crippen molar-refractivity contribution in [2.45, 2.75) is 19.4 Å². The molecule has 5 nitrogen and oxygen atoms in total. The Morgan fingerprint density at radius 1 is 1.67 bits per heavy atom. The second-order valence-electron chi connectivity index (χ2n) is 3.65. The number of anilines is 1. The third-order valence-electron chi connectivity index (χ3n) is 2.44. The number of morpholine rings is 1. The number of rotatable bonds is 3. The highest BCUT2D eigenvalue weighted by atomic mass is 32.1. The second kappa shape index (κ2) is 4.87. The molecule has 0 amide bonds. The summed E-state index contributed by atoms with van der Waals surface area (Å²) in [6.07, 6.45) is 1.16. The number of hydrogen-bond donors (Lipinski definition) is 1. The van der Waals surface area contributed by atoms with E-state index in [4.69, 9.17) is 10.5 Å². The maximum absolute atomic E-state index is 5.64. The molecule has 1 aliphatic heterocycles. The number of nitrogens with two attached hydrogens (primary N) is 1. The summed E-state index contributed by atoms with van der Waals surface area (Å²) in [4.78, 5) is 6.54. The average Bonchev–Trinajstić information content (AvgIpc) is 2.66. The number of nitrogen functional groups attached to an aromatic ring is 1. The van der Waals surface area contributed by atoms with Gasteiger partial charge in [0.2, 0.25) is 0 Å². The molecule has 0 radical (unpaired) electrons. The minimum absolute atomic E-state index is 0.00106. The van der Waals surface area contributed by atoms with E-state index in [9.17, 15) is 0 Å². The zero-order valence-electron chi connectivity index (χ0n) is 8.85. The first-order valence-electron chi connectivity index (χ1n) is 5.22. The van der Waals surface area contributed by atoms with Gasteiger partial charge in [0.05, 0.1) is 6.61 Å². The summed E-state index contributed by atoms with van der Waals surface area (Å²) in [5.41, 5.74) is 5.55. The van der Waals surface area contributed by atoms with Gasteiger partial charge in [-0.2, -0.15) is 4.37 Å². The van der Waals surface area contributed by atoms with Crippen molar-refractivity contribution < 1.29 is 4.74 Å². The lowest BCUT2D eigenvalue weighted by Crippen LogP contribution is -2.39. The molecule has 0 aromatic carbocycles. The summed E-state index contributed by atoms with van der Waals surface area (Å²) in [5, 5.41) is 0.515. The van der Waals surface area contributed by atoms with Gasteiger partial charge in [0, 0.05) is 24.6 Å². The molecular formula is C9H16N4OS. The second-order valence-corrected chi connectivity index (χ2v) is 4.43. The van der Waals surface area contributed by atoms with E-state index >= 15 is 0 Å². The zero-order valence-corrected chi connectivity index (χ0v) is 9.66. The Labute approximate surface area is 93.4 Å². The Hall–Kier alpha value is -0.720. The Morgan fingerprint density at radius 2 is 2.53 bits per heavy atom. The smallest absolute Gasteiger partial charge is 0.200 e. The first kappa shape index (κ1) is 10.8. The third kappa shape index (κ3) is 2.64. The molecular weight excluding hydrogens is 212 g/mol. The lowest BCUT2D eigenvalue weighted by Gasteiger charge is -2.31. The van der Waals surface area contributed by atoms with Gasteiger partial charge in [-0.3, -0.25) is 4.90 Å². The maximum atomic E-state index is 5.64. The fourth-order valence-corrected chi connectivity index (χ4v) is 2.24. The molecule has 6 heteroatoms. The van der Waals surface area contributed by atoms with E-state index in [1.165, 1.54) is 18.0 Å². The number of ether oxygens (including phenoxy) is 1. The standard InChI is InChI=1S/C9H16N4OS/c1-2-3-13-4-5-14-7(6-13)8-11-9(10)15-12-8/h7H,2-6H2,1H3,(H2,10,11,12). The summed E-state index contributed by atoms with van der Waals surface area (Å²) < 4.78 is 9.83. The van der Waals surface area contributed by atoms with Gasteiger partial charge < -0.3 is 10.5 Å². The molecule has 0 saturated carbocycles. The van der Waals surface area contributed by atoms with Crippen LogP contribution in [0.4, 0.5) is 5.13 Å². The molecule has 1 fully saturated rings. The first-order valence-corrected chi connectivity index (χ1v) is 6.00. The molecule has 84 valence electrons. The minimum Gasteiger partial charge on any atom is -0.374 e. The number of hydrogen-bond acceptors (Lipinski definition) is 6. The highest BCUT2D eigenvalue weighted by Crippen LogP contribution is 2.21. The Kier molecular flexibility index (Phi) is 3.50. The van der Waals surface area contributed by atoms with Gasteiger partial charge in [-0.25, -0.2) is 4.98 Å². The Morgan fingerprint density at radius 3 is 3.20 bits per heavy atom. The molecule has 1 aromatic rings. The van der Waals surface area contributed by atoms with Crippen LogP contribution in [0.2, 0.25) is 0 Å². The van der Waals surface area contributed by atoms with E-state index in [0.717, 1.165) is 32.1 Å². The van der Waals surface area contributed by atoms with Crippen molar-refractivity contribution in [1.29, 1.82) is 0 Å². The van der Waals surface area contributed by atoms with Crippen LogP contribution in [0, 0.1) is 0 Å². The largest absolute Gasteiger partial charge is 0.374 e. The van der Waals surface area contributed by atoms with Gasteiger partial charge in [0.1, 0.15) is 6.10 Å². The lowest BCUT2D eigenvalue weighted by molar-refractivity contribution is -0.0336. The van der Waals surface area contributed by atoms with E-state index in [1.54, 1.807) is 0 Å². The summed E-state index contributed by atoms with van der Waals surface area (Å²) >= 11 is 1.23. The van der Waals surface area contributed by atoms with E-state index in [1.807, 2.05) is 0 Å². The maximum Gasteiger partial charge on any atom is 0.200 e. The van der Waals surface area contributed by atoms with Gasteiger partial charge in [-0.15, -0.1) is 0 Å². The SMILES string of the molecule is CCCN1CCOC(c2nsc(N)n2)C1. The summed E-state index contributed by atoms with van der Waals surface area (Å²) in [7, 11) is 0. The molecule has 2 rings (SSSR count). The van der Waals surface area contributed by atoms with Crippen LogP contribution >= 0.6 is 11.5 Å². The first-order chi connectivity index (χ1) is 7.29. The van der Waals surface area contributed by atoms with Crippen molar-refractivity contribution in [3.8, 4) is 0 Å². The predicted octanol–water partition coefficient (Wildman–Crippen LogP) is 0.904. The van der Waals surface area contributed by atoms with Crippen molar-refractivity contribution in [3.63, 3.8) is 0 Å². The van der Waals surface area contributed by atoms with Crippen molar-refractivity contribution in [2.24, 2.45) is 0 Å². The summed E-state index contributed by atoms with van der Waals surface area (Å²) in [6.45, 7) is 5.93. The van der Waals surface area contributed by atoms with Crippen LogP contribution < -0.4 is 5.73 Å². The van der Waals surface area contributed by atoms with Gasteiger partial charge >= 0.3 is 0 Å². The summed E-state index contributed by atoms with van der Waals surface area (Å²) in [5.74, 6) is 0.735. The molecule has 1 aliphatic rings. The van der Waals surface area contributed by atoms with Gasteiger partial charge in [-0.1, -0.05) is 6.92 Å². The average molecular weight is 228 g/mol. The van der Waals surface area contributed by atoms with E-state index in [2.05, 4.69) is 21.2 Å². The molecule has 1 saturated heterocycles. The van der Waals surface area contributed by atoms with Crippen molar-refractivity contribution in [3.05, 3.63) is 5.82 Å². The van der Waals surface area contributed by atoms with Crippen LogP contribution in [0.3, 0.4) is 0 Å². The topological polar surface area (TPSA) is 64.3 Å². The number of nitrogens with zero attached hydrogens (tertiary/aromatic N) is 3. The van der Waals surface area contributed by atoms with Crippen LogP contribution in [-0.2, 0) is 4.74 Å². The molecule has 2 heterocycles. The molecule has 15 heavy (non-hydrogen) atoms. The molecule has 2 N–H and O–H groups in total. The summed E-state index contributed by atoms with van der Waals surface area (Å²) in [6, 6.07) is 0. The molecule has 1 unspecified atom stereocenters. The quantitative estimate of drug-likeness (QED) is 0.833. The fourth-order valence-electron chi connectivity index (χ4n) is 1.76. The highest BCUT2D eigenvalue weighted by Gasteiger charge is 2.24. The highest BCUT2D eigenvalue weighted by molar-refractivity contribution is 7.09. The van der Waals surface area contributed by atoms with E-state index in [0.29, 0.717) is 5.13 Å². The minimum atomic E-state index is -0.00106. The van der Waals surface area contributed by atoms with Crippen LogP contribution in [0.1, 0.15) is 25.3 Å². The van der Waals surface area contributed by atoms with Gasteiger partial charge in [0.15, 0.2) is 11.0 Å². The van der Waals surface area contributed by atoms with Gasteiger partial charge in [0.25, 0.3) is 0 Å². The van der Waals surface area contributed by atoms with Crippen LogP contribution in [-0.4, -0.2) is 40.5 Å². The van der Waals surface area contributed by atoms with E-state index in [-0.39, 0.29) is 6.10 Å². The normalized spacial score (nSPS) is 23.1. The van der Waals surface area contributed by atoms with Crippen molar-refractivity contribution in [2.75, 3.05) is 32.0 Å². The van der Waals surface area contributed by atoms with Crippen molar-refractivity contribution >= 4 is 16.7 Å². The van der Waals surface area contributed by atoms with Crippen LogP contribution in [0.5, 0.6) is 0 Å². The fraction of sp³-hybridized carbons (Fsp3) is 0.778. The Balaban J connectivity index is 1.98. The predicted molar refractivity (Wildman–Crippen MR) is 59.7 cm³/mol. The molecule has 1 aromatic heterocycles. The van der Waals surface area contributed by atoms with E-state index < -0.39 is 0 Å². The molecule has 0 aliphatic carbocycles. The Bertz CT molecular complexity index is 315. The molecule has 0 bridgehead atoms.